The van der Waals surface area contributed by atoms with Crippen molar-refractivity contribution in [3.05, 3.63) is 46.5 Å². The molecule has 1 aromatic carbocycles. The molecule has 0 amide bonds. The zero-order valence-corrected chi connectivity index (χ0v) is 11.3. The van der Waals surface area contributed by atoms with Gasteiger partial charge in [-0.25, -0.2) is 0 Å². The number of allylic oxidation sites excluding steroid dienone is 1. The van der Waals surface area contributed by atoms with Gasteiger partial charge >= 0.3 is 0 Å². The van der Waals surface area contributed by atoms with Crippen molar-refractivity contribution >= 4 is 28.3 Å². The highest BCUT2D eigenvalue weighted by Gasteiger charge is 2.05. The SMILES string of the molecule is C=CCC[C@@H](N)c1ccc(C)c(Br)c1.Cl. The molecule has 0 bridgehead atoms. The van der Waals surface area contributed by atoms with Crippen LogP contribution in [0.1, 0.15) is 30.0 Å². The van der Waals surface area contributed by atoms with Crippen LogP contribution in [0.5, 0.6) is 0 Å². The van der Waals surface area contributed by atoms with Gasteiger partial charge in [0.1, 0.15) is 0 Å². The Morgan fingerprint density at radius 2 is 2.20 bits per heavy atom. The van der Waals surface area contributed by atoms with Gasteiger partial charge in [0.15, 0.2) is 0 Å². The van der Waals surface area contributed by atoms with Crippen molar-refractivity contribution in [2.24, 2.45) is 5.73 Å². The van der Waals surface area contributed by atoms with Gasteiger partial charge in [0.05, 0.1) is 0 Å². The fourth-order valence-electron chi connectivity index (χ4n) is 1.30. The highest BCUT2D eigenvalue weighted by Crippen LogP contribution is 2.22. The van der Waals surface area contributed by atoms with Crippen molar-refractivity contribution in [1.29, 1.82) is 0 Å². The van der Waals surface area contributed by atoms with Crippen molar-refractivity contribution in [3.8, 4) is 0 Å². The molecule has 0 unspecified atom stereocenters. The Morgan fingerprint density at radius 3 is 2.73 bits per heavy atom. The molecular weight excluding hydrogens is 273 g/mol. The maximum atomic E-state index is 6.03. The van der Waals surface area contributed by atoms with E-state index in [4.69, 9.17) is 5.73 Å². The van der Waals surface area contributed by atoms with E-state index in [2.05, 4.69) is 47.6 Å². The van der Waals surface area contributed by atoms with Crippen molar-refractivity contribution in [3.63, 3.8) is 0 Å². The average Bonchev–Trinajstić information content (AvgIpc) is 2.18. The maximum absolute atomic E-state index is 6.03. The zero-order valence-electron chi connectivity index (χ0n) is 8.87. The first-order chi connectivity index (χ1) is 6.65. The number of benzene rings is 1. The van der Waals surface area contributed by atoms with Gasteiger partial charge < -0.3 is 5.73 Å². The van der Waals surface area contributed by atoms with Crippen LogP contribution < -0.4 is 5.73 Å². The molecule has 1 nitrogen and oxygen atoms in total. The van der Waals surface area contributed by atoms with Crippen LogP contribution in [0.3, 0.4) is 0 Å². The van der Waals surface area contributed by atoms with Crippen LogP contribution in [0, 0.1) is 6.92 Å². The Kier molecular flexibility index (Phi) is 6.90. The van der Waals surface area contributed by atoms with E-state index in [0.717, 1.165) is 17.3 Å². The summed E-state index contributed by atoms with van der Waals surface area (Å²) in [7, 11) is 0. The predicted molar refractivity (Wildman–Crippen MR) is 72.5 cm³/mol. The van der Waals surface area contributed by atoms with Crippen LogP contribution in [0.15, 0.2) is 35.3 Å². The molecule has 2 N–H and O–H groups in total. The van der Waals surface area contributed by atoms with Crippen molar-refractivity contribution < 1.29 is 0 Å². The van der Waals surface area contributed by atoms with E-state index >= 15 is 0 Å². The highest BCUT2D eigenvalue weighted by molar-refractivity contribution is 9.10. The van der Waals surface area contributed by atoms with Gasteiger partial charge in [0, 0.05) is 10.5 Å². The topological polar surface area (TPSA) is 26.0 Å². The lowest BCUT2D eigenvalue weighted by molar-refractivity contribution is 0.661. The predicted octanol–water partition coefficient (Wildman–Crippen LogP) is 4.15. The summed E-state index contributed by atoms with van der Waals surface area (Å²) in [6.07, 6.45) is 3.83. The number of nitrogens with two attached hydrogens (primary N) is 1. The average molecular weight is 291 g/mol. The lowest BCUT2D eigenvalue weighted by Gasteiger charge is -2.11. The molecule has 0 heterocycles. The van der Waals surface area contributed by atoms with Gasteiger partial charge in [0.25, 0.3) is 0 Å². The molecule has 1 aromatic rings. The second-order valence-electron chi connectivity index (χ2n) is 3.48. The van der Waals surface area contributed by atoms with Crippen molar-refractivity contribution in [1.82, 2.24) is 0 Å². The van der Waals surface area contributed by atoms with E-state index < -0.39 is 0 Å². The molecule has 1 rings (SSSR count). The number of halogens is 2. The zero-order chi connectivity index (χ0) is 10.6. The summed E-state index contributed by atoms with van der Waals surface area (Å²) in [5.74, 6) is 0. The summed E-state index contributed by atoms with van der Waals surface area (Å²) in [5, 5.41) is 0. The Hall–Kier alpha value is -0.310. The highest BCUT2D eigenvalue weighted by atomic mass is 79.9. The number of hydrogen-bond donors (Lipinski definition) is 1. The molecule has 15 heavy (non-hydrogen) atoms. The monoisotopic (exact) mass is 289 g/mol. The van der Waals surface area contributed by atoms with Crippen LogP contribution in [0.4, 0.5) is 0 Å². The van der Waals surface area contributed by atoms with Crippen LogP contribution in [0.2, 0.25) is 0 Å². The lowest BCUT2D eigenvalue weighted by Crippen LogP contribution is -2.09. The van der Waals surface area contributed by atoms with Crippen LogP contribution in [0.25, 0.3) is 0 Å². The molecule has 0 saturated heterocycles. The summed E-state index contributed by atoms with van der Waals surface area (Å²) in [5.41, 5.74) is 8.46. The van der Waals surface area contributed by atoms with E-state index in [0.29, 0.717) is 0 Å². The van der Waals surface area contributed by atoms with E-state index in [1.807, 2.05) is 6.08 Å². The van der Waals surface area contributed by atoms with Gasteiger partial charge in [-0.15, -0.1) is 19.0 Å². The Morgan fingerprint density at radius 1 is 1.53 bits per heavy atom. The molecular formula is C12H17BrClN. The second kappa shape index (κ2) is 7.04. The molecule has 3 heteroatoms. The molecule has 0 aliphatic carbocycles. The minimum Gasteiger partial charge on any atom is -0.324 e. The van der Waals surface area contributed by atoms with Crippen LogP contribution >= 0.6 is 28.3 Å². The molecule has 0 saturated carbocycles. The van der Waals surface area contributed by atoms with Crippen LogP contribution in [-0.4, -0.2) is 0 Å². The first kappa shape index (κ1) is 14.7. The molecule has 84 valence electrons. The van der Waals surface area contributed by atoms with Crippen LogP contribution in [-0.2, 0) is 0 Å². The largest absolute Gasteiger partial charge is 0.324 e. The normalized spacial score (nSPS) is 11.7. The van der Waals surface area contributed by atoms with Gasteiger partial charge in [-0.1, -0.05) is 34.1 Å². The summed E-state index contributed by atoms with van der Waals surface area (Å²) >= 11 is 3.51. The third-order valence-electron chi connectivity index (χ3n) is 2.31. The lowest BCUT2D eigenvalue weighted by atomic mass is 10.0. The Labute approximate surface area is 106 Å². The molecule has 0 aliphatic rings. The van der Waals surface area contributed by atoms with E-state index in [1.165, 1.54) is 11.1 Å². The van der Waals surface area contributed by atoms with Crippen molar-refractivity contribution in [2.75, 3.05) is 0 Å². The number of aryl methyl sites for hydroxylation is 1. The first-order valence-corrected chi connectivity index (χ1v) is 5.57. The second-order valence-corrected chi connectivity index (χ2v) is 4.34. The van der Waals surface area contributed by atoms with E-state index in [-0.39, 0.29) is 18.4 Å². The molecule has 0 spiro atoms. The third-order valence-corrected chi connectivity index (χ3v) is 3.16. The van der Waals surface area contributed by atoms with Gasteiger partial charge in [-0.05, 0) is 37.0 Å². The summed E-state index contributed by atoms with van der Waals surface area (Å²) in [6.45, 7) is 5.77. The quantitative estimate of drug-likeness (QED) is 0.829. The smallest absolute Gasteiger partial charge is 0.0298 e. The molecule has 0 radical (unpaired) electrons. The van der Waals surface area contributed by atoms with Gasteiger partial charge in [0.2, 0.25) is 0 Å². The Balaban J connectivity index is 0.00000196. The number of hydrogen-bond acceptors (Lipinski definition) is 1. The number of rotatable bonds is 4. The fourth-order valence-corrected chi connectivity index (χ4v) is 1.70. The van der Waals surface area contributed by atoms with Gasteiger partial charge in [-0.3, -0.25) is 0 Å². The van der Waals surface area contributed by atoms with E-state index in [1.54, 1.807) is 0 Å². The molecule has 0 aliphatic heterocycles. The molecule has 0 aromatic heterocycles. The summed E-state index contributed by atoms with van der Waals surface area (Å²) in [4.78, 5) is 0. The standard InChI is InChI=1S/C12H16BrN.ClH/c1-3-4-5-12(14)10-7-6-9(2)11(13)8-10;/h3,6-8,12H,1,4-5,14H2,2H3;1H/t12-;/m1./s1. The summed E-state index contributed by atoms with van der Waals surface area (Å²) in [6, 6.07) is 6.40. The fraction of sp³-hybridized carbons (Fsp3) is 0.333. The molecule has 0 fully saturated rings. The summed E-state index contributed by atoms with van der Waals surface area (Å²) < 4.78 is 1.13. The first-order valence-electron chi connectivity index (χ1n) is 4.77. The Bertz CT molecular complexity index is 325. The third kappa shape index (κ3) is 4.37. The minimum absolute atomic E-state index is 0. The van der Waals surface area contributed by atoms with Gasteiger partial charge in [-0.2, -0.15) is 0 Å². The van der Waals surface area contributed by atoms with Crippen molar-refractivity contribution in [2.45, 2.75) is 25.8 Å². The molecule has 1 atom stereocenters. The minimum atomic E-state index is 0. The van der Waals surface area contributed by atoms with E-state index in [9.17, 15) is 0 Å². The maximum Gasteiger partial charge on any atom is 0.0298 e.